The molecular weight excluding hydrogens is 310 g/mol. The molecule has 0 atom stereocenters. The second kappa shape index (κ2) is 6.89. The molecule has 0 saturated carbocycles. The van der Waals surface area contributed by atoms with Gasteiger partial charge in [0.25, 0.3) is 10.1 Å². The van der Waals surface area contributed by atoms with Gasteiger partial charge in [0.2, 0.25) is 0 Å². The van der Waals surface area contributed by atoms with Gasteiger partial charge in [-0.1, -0.05) is 0 Å². The predicted molar refractivity (Wildman–Crippen MR) is 52.3 cm³/mol. The number of benzene rings is 1. The number of fused-ring (bicyclic) bond motifs is 2. The molecule has 0 saturated heterocycles. The minimum Gasteiger partial charge on any atom is -0.545 e. The number of carbonyl (C=O) groups excluding carboxylic acids is 2. The molecule has 1 aliphatic rings. The number of carboxylic acids is 2. The molecule has 7 nitrogen and oxygen atoms in total. The average molecular weight is 316 g/mol. The van der Waals surface area contributed by atoms with Gasteiger partial charge in [-0.15, -0.1) is 0 Å². The SMILES string of the molecule is O=C([O-])c1cc(S(=O)(=O)O)c2c(C(=O)[O-])c1CC2.[Na+].[Na+]. The van der Waals surface area contributed by atoms with E-state index in [0.29, 0.717) is 0 Å². The molecule has 0 aromatic heterocycles. The van der Waals surface area contributed by atoms with Crippen molar-refractivity contribution < 1.29 is 91.9 Å². The van der Waals surface area contributed by atoms with E-state index in [1.54, 1.807) is 0 Å². The zero-order chi connectivity index (χ0) is 13.7. The summed E-state index contributed by atoms with van der Waals surface area (Å²) in [5, 5.41) is 21.8. The summed E-state index contributed by atoms with van der Waals surface area (Å²) in [6.07, 6.45) is 0.0680. The van der Waals surface area contributed by atoms with E-state index < -0.39 is 38.1 Å². The number of carboxylic acid groups (broad SMARTS) is 2. The van der Waals surface area contributed by atoms with Crippen LogP contribution in [0.1, 0.15) is 31.8 Å². The van der Waals surface area contributed by atoms with E-state index in [2.05, 4.69) is 0 Å². The molecule has 0 fully saturated rings. The number of aromatic carboxylic acids is 2. The number of hydrogen-bond donors (Lipinski definition) is 1. The molecule has 0 amide bonds. The van der Waals surface area contributed by atoms with Crippen molar-refractivity contribution in [3.63, 3.8) is 0 Å². The van der Waals surface area contributed by atoms with Gasteiger partial charge in [0, 0.05) is 11.1 Å². The largest absolute Gasteiger partial charge is 1.00 e. The second-order valence-electron chi connectivity index (χ2n) is 3.80. The van der Waals surface area contributed by atoms with Gasteiger partial charge in [0.15, 0.2) is 0 Å². The Morgan fingerprint density at radius 3 is 1.95 bits per heavy atom. The Labute approximate surface area is 158 Å². The topological polar surface area (TPSA) is 135 Å². The smallest absolute Gasteiger partial charge is 0.545 e. The summed E-state index contributed by atoms with van der Waals surface area (Å²) in [5.41, 5.74) is -1.19. The third kappa shape index (κ3) is 3.45. The monoisotopic (exact) mass is 316 g/mol. The Balaban J connectivity index is 0.00000180. The van der Waals surface area contributed by atoms with E-state index in [0.717, 1.165) is 6.07 Å². The molecule has 0 aliphatic heterocycles. The van der Waals surface area contributed by atoms with Crippen LogP contribution in [0.2, 0.25) is 0 Å². The Hall–Kier alpha value is 0.0700. The van der Waals surface area contributed by atoms with Crippen LogP contribution in [-0.2, 0) is 23.0 Å². The van der Waals surface area contributed by atoms with E-state index in [4.69, 9.17) is 4.55 Å². The maximum atomic E-state index is 11.1. The summed E-state index contributed by atoms with van der Waals surface area (Å²) < 4.78 is 31.2. The van der Waals surface area contributed by atoms with Crippen LogP contribution in [0.5, 0.6) is 0 Å². The summed E-state index contributed by atoms with van der Waals surface area (Å²) in [5.74, 6) is -3.38. The molecule has 0 unspecified atom stereocenters. The number of hydrogen-bond acceptors (Lipinski definition) is 6. The molecule has 1 aromatic carbocycles. The molecule has 1 N–H and O–H groups in total. The van der Waals surface area contributed by atoms with Crippen molar-refractivity contribution >= 4 is 22.1 Å². The van der Waals surface area contributed by atoms with Gasteiger partial charge in [0.1, 0.15) is 0 Å². The molecule has 2 bridgehead atoms. The molecule has 0 spiro atoms. The van der Waals surface area contributed by atoms with Crippen LogP contribution in [0.15, 0.2) is 11.0 Å². The van der Waals surface area contributed by atoms with E-state index in [1.165, 1.54) is 0 Å². The number of rotatable bonds is 3. The summed E-state index contributed by atoms with van der Waals surface area (Å²) in [6.45, 7) is 0. The Morgan fingerprint density at radius 1 is 1.05 bits per heavy atom. The van der Waals surface area contributed by atoms with Gasteiger partial charge in [-0.2, -0.15) is 8.42 Å². The first-order valence-electron chi connectivity index (χ1n) is 4.82. The van der Waals surface area contributed by atoms with Crippen molar-refractivity contribution in [3.05, 3.63) is 28.3 Å². The number of carbonyl (C=O) groups is 2. The summed E-state index contributed by atoms with van der Waals surface area (Å²) in [4.78, 5) is 21.1. The van der Waals surface area contributed by atoms with Crippen molar-refractivity contribution in [2.45, 2.75) is 17.7 Å². The fourth-order valence-electron chi connectivity index (χ4n) is 2.16. The summed E-state index contributed by atoms with van der Waals surface area (Å²) in [6, 6.07) is 0.717. The molecule has 20 heavy (non-hydrogen) atoms. The molecule has 96 valence electrons. The maximum absolute atomic E-state index is 11.1. The van der Waals surface area contributed by atoms with Gasteiger partial charge in [-0.25, -0.2) is 0 Å². The second-order valence-corrected chi connectivity index (χ2v) is 5.19. The van der Waals surface area contributed by atoms with Gasteiger partial charge < -0.3 is 19.8 Å². The quantitative estimate of drug-likeness (QED) is 0.432. The van der Waals surface area contributed by atoms with Crippen molar-refractivity contribution in [2.24, 2.45) is 0 Å². The molecule has 0 heterocycles. The van der Waals surface area contributed by atoms with E-state index in [-0.39, 0.29) is 83.1 Å². The molecule has 1 aliphatic carbocycles. The van der Waals surface area contributed by atoms with Crippen LogP contribution in [0.25, 0.3) is 0 Å². The first kappa shape index (κ1) is 20.1. The van der Waals surface area contributed by atoms with Crippen molar-refractivity contribution in [1.29, 1.82) is 0 Å². The summed E-state index contributed by atoms with van der Waals surface area (Å²) >= 11 is 0. The molecule has 2 rings (SSSR count). The molecule has 1 aromatic rings. The van der Waals surface area contributed by atoms with Crippen molar-refractivity contribution in [3.8, 4) is 0 Å². The van der Waals surface area contributed by atoms with Crippen LogP contribution in [0.3, 0.4) is 0 Å². The maximum Gasteiger partial charge on any atom is 1.00 e. The molecule has 0 radical (unpaired) electrons. The van der Waals surface area contributed by atoms with Gasteiger partial charge in [-0.3, -0.25) is 4.55 Å². The van der Waals surface area contributed by atoms with Crippen LogP contribution >= 0.6 is 0 Å². The molecular formula is C10H6Na2O7S. The van der Waals surface area contributed by atoms with E-state index in [1.807, 2.05) is 0 Å². The van der Waals surface area contributed by atoms with Crippen LogP contribution in [-0.4, -0.2) is 24.9 Å². The van der Waals surface area contributed by atoms with E-state index >= 15 is 0 Å². The third-order valence-corrected chi connectivity index (χ3v) is 3.75. The first-order chi connectivity index (χ1) is 8.23. The summed E-state index contributed by atoms with van der Waals surface area (Å²) in [7, 11) is -4.71. The van der Waals surface area contributed by atoms with Crippen molar-refractivity contribution in [2.75, 3.05) is 0 Å². The van der Waals surface area contributed by atoms with Crippen LogP contribution in [0, 0.1) is 0 Å². The first-order valence-corrected chi connectivity index (χ1v) is 6.26. The fourth-order valence-corrected chi connectivity index (χ4v) is 2.94. The van der Waals surface area contributed by atoms with Crippen molar-refractivity contribution in [1.82, 2.24) is 0 Å². The Kier molecular flexibility index (Phi) is 6.91. The Bertz CT molecular complexity index is 681. The normalized spacial score (nSPS) is 12.2. The van der Waals surface area contributed by atoms with Gasteiger partial charge in [-0.05, 0) is 30.0 Å². The standard InChI is InChI=1S/C10H8O7S.2Na/c11-9(12)6-3-7(18(15,16)17)5-2-1-4(6)8(5)10(13)14;;/h3H,1-2H2,(H,11,12)(H,13,14)(H,15,16,17);;/q;2*+1/p-2. The Morgan fingerprint density at radius 2 is 1.55 bits per heavy atom. The van der Waals surface area contributed by atoms with Gasteiger partial charge in [0.05, 0.1) is 16.8 Å². The minimum absolute atomic E-state index is 0. The third-order valence-electron chi connectivity index (χ3n) is 2.83. The van der Waals surface area contributed by atoms with Gasteiger partial charge >= 0.3 is 59.1 Å². The van der Waals surface area contributed by atoms with Crippen LogP contribution in [0.4, 0.5) is 0 Å². The zero-order valence-corrected chi connectivity index (χ0v) is 15.6. The minimum atomic E-state index is -4.71. The zero-order valence-electron chi connectivity index (χ0n) is 10.8. The predicted octanol–water partition coefficient (Wildman–Crippen LogP) is -8.23. The molecule has 10 heteroatoms. The average Bonchev–Trinajstić information content (AvgIpc) is 2.52. The van der Waals surface area contributed by atoms with Crippen LogP contribution < -0.4 is 69.3 Å². The van der Waals surface area contributed by atoms with E-state index in [9.17, 15) is 28.2 Å². The fraction of sp³-hybridized carbons (Fsp3) is 0.200.